The fourth-order valence-electron chi connectivity index (χ4n) is 0.930. The summed E-state index contributed by atoms with van der Waals surface area (Å²) in [5.41, 5.74) is 0.571. The van der Waals surface area contributed by atoms with Gasteiger partial charge in [-0.2, -0.15) is 5.10 Å². The first-order valence-electron chi connectivity index (χ1n) is 3.89. The van der Waals surface area contributed by atoms with Gasteiger partial charge in [-0.3, -0.25) is 4.79 Å². The number of hydrogen-bond acceptors (Lipinski definition) is 3. The van der Waals surface area contributed by atoms with Gasteiger partial charge >= 0.3 is 0 Å². The van der Waals surface area contributed by atoms with Crippen molar-refractivity contribution in [2.45, 2.75) is 20.1 Å². The van der Waals surface area contributed by atoms with Gasteiger partial charge in [0.2, 0.25) is 0 Å². The molecule has 0 aliphatic heterocycles. The molecule has 0 radical (unpaired) electrons. The van der Waals surface area contributed by atoms with Crippen molar-refractivity contribution >= 4 is 6.29 Å². The summed E-state index contributed by atoms with van der Waals surface area (Å²) in [5.74, 6) is 0. The third kappa shape index (κ3) is 1.92. The van der Waals surface area contributed by atoms with Crippen molar-refractivity contribution in [1.82, 2.24) is 9.78 Å². The van der Waals surface area contributed by atoms with Crippen LogP contribution < -0.4 is 0 Å². The fourth-order valence-corrected chi connectivity index (χ4v) is 0.930. The van der Waals surface area contributed by atoms with Gasteiger partial charge in [0.15, 0.2) is 6.29 Å². The summed E-state index contributed by atoms with van der Waals surface area (Å²) in [4.78, 5) is 10.3. The number of carbonyl (C=O) groups excluding carboxylic acids is 1. The second-order valence-electron chi connectivity index (χ2n) is 2.43. The molecule has 0 unspecified atom stereocenters. The van der Waals surface area contributed by atoms with Crippen molar-refractivity contribution in [2.24, 2.45) is 0 Å². The SMILES string of the molecule is CCO[C@H](C)n1cc(C=O)cn1. The van der Waals surface area contributed by atoms with E-state index in [2.05, 4.69) is 5.10 Å². The molecule has 0 aliphatic rings. The highest BCUT2D eigenvalue weighted by Crippen LogP contribution is 2.06. The van der Waals surface area contributed by atoms with E-state index in [1.165, 1.54) is 6.20 Å². The van der Waals surface area contributed by atoms with Gasteiger partial charge < -0.3 is 4.74 Å². The Balaban J connectivity index is 2.67. The van der Waals surface area contributed by atoms with Gasteiger partial charge in [-0.15, -0.1) is 0 Å². The lowest BCUT2D eigenvalue weighted by atomic mass is 10.4. The maximum Gasteiger partial charge on any atom is 0.153 e. The molecule has 1 atom stereocenters. The van der Waals surface area contributed by atoms with Gasteiger partial charge in [0, 0.05) is 12.8 Å². The zero-order chi connectivity index (χ0) is 8.97. The van der Waals surface area contributed by atoms with Crippen molar-refractivity contribution in [1.29, 1.82) is 0 Å². The van der Waals surface area contributed by atoms with Crippen LogP contribution >= 0.6 is 0 Å². The zero-order valence-electron chi connectivity index (χ0n) is 7.23. The highest BCUT2D eigenvalue weighted by molar-refractivity contribution is 5.73. The Labute approximate surface area is 71.1 Å². The molecule has 1 aromatic heterocycles. The van der Waals surface area contributed by atoms with E-state index in [9.17, 15) is 4.79 Å². The normalized spacial score (nSPS) is 12.8. The van der Waals surface area contributed by atoms with E-state index in [0.717, 1.165) is 6.29 Å². The highest BCUT2D eigenvalue weighted by atomic mass is 16.5. The number of aromatic nitrogens is 2. The van der Waals surface area contributed by atoms with E-state index < -0.39 is 0 Å². The summed E-state index contributed by atoms with van der Waals surface area (Å²) in [6, 6.07) is 0. The lowest BCUT2D eigenvalue weighted by Gasteiger charge is -2.10. The predicted octanol–water partition coefficient (Wildman–Crippen LogP) is 1.25. The Morgan fingerprint density at radius 2 is 2.58 bits per heavy atom. The summed E-state index contributed by atoms with van der Waals surface area (Å²) in [6.45, 7) is 4.43. The molecule has 4 heteroatoms. The van der Waals surface area contributed by atoms with Crippen molar-refractivity contribution in [2.75, 3.05) is 6.61 Å². The Morgan fingerprint density at radius 3 is 3.08 bits per heavy atom. The van der Waals surface area contributed by atoms with E-state index >= 15 is 0 Å². The minimum Gasteiger partial charge on any atom is -0.357 e. The molecule has 1 aromatic rings. The summed E-state index contributed by atoms with van der Waals surface area (Å²) in [7, 11) is 0. The van der Waals surface area contributed by atoms with Crippen LogP contribution in [0.4, 0.5) is 0 Å². The van der Waals surface area contributed by atoms with Crippen LogP contribution in [-0.4, -0.2) is 22.7 Å². The molecule has 66 valence electrons. The first kappa shape index (κ1) is 8.93. The smallest absolute Gasteiger partial charge is 0.153 e. The number of ether oxygens (including phenoxy) is 1. The van der Waals surface area contributed by atoms with Gasteiger partial charge in [0.1, 0.15) is 6.23 Å². The number of rotatable bonds is 4. The zero-order valence-corrected chi connectivity index (χ0v) is 7.23. The molecule has 0 saturated heterocycles. The first-order chi connectivity index (χ1) is 5.77. The van der Waals surface area contributed by atoms with Crippen LogP contribution in [0.3, 0.4) is 0 Å². The quantitative estimate of drug-likeness (QED) is 0.635. The fraction of sp³-hybridized carbons (Fsp3) is 0.500. The Hall–Kier alpha value is -1.16. The largest absolute Gasteiger partial charge is 0.357 e. The molecular formula is C8H12N2O2. The van der Waals surface area contributed by atoms with Gasteiger partial charge in [-0.1, -0.05) is 0 Å². The standard InChI is InChI=1S/C8H12N2O2/c1-3-12-7(2)10-5-8(6-11)4-9-10/h4-7H,3H2,1-2H3/t7-/m1/s1. The summed E-state index contributed by atoms with van der Waals surface area (Å²) in [6.07, 6.45) is 3.83. The van der Waals surface area contributed by atoms with E-state index in [-0.39, 0.29) is 6.23 Å². The maximum atomic E-state index is 10.3. The van der Waals surface area contributed by atoms with Crippen molar-refractivity contribution in [3.63, 3.8) is 0 Å². The number of hydrogen-bond donors (Lipinski definition) is 0. The van der Waals surface area contributed by atoms with E-state index in [4.69, 9.17) is 4.74 Å². The van der Waals surface area contributed by atoms with Gasteiger partial charge in [0.25, 0.3) is 0 Å². The molecule has 0 fully saturated rings. The van der Waals surface area contributed by atoms with Crippen LogP contribution in [-0.2, 0) is 4.74 Å². The predicted molar refractivity (Wildman–Crippen MR) is 44.0 cm³/mol. The Morgan fingerprint density at radius 1 is 1.83 bits per heavy atom. The van der Waals surface area contributed by atoms with Crippen LogP contribution in [0.25, 0.3) is 0 Å². The minimum atomic E-state index is -0.108. The molecule has 4 nitrogen and oxygen atoms in total. The van der Waals surface area contributed by atoms with Crippen LogP contribution in [0.5, 0.6) is 0 Å². The lowest BCUT2D eigenvalue weighted by molar-refractivity contribution is 0.0159. The summed E-state index contributed by atoms with van der Waals surface area (Å²) in [5, 5.41) is 3.97. The third-order valence-corrected chi connectivity index (χ3v) is 1.54. The molecule has 0 bridgehead atoms. The third-order valence-electron chi connectivity index (χ3n) is 1.54. The van der Waals surface area contributed by atoms with Gasteiger partial charge in [0.05, 0.1) is 11.8 Å². The molecule has 12 heavy (non-hydrogen) atoms. The molecule has 0 spiro atoms. The van der Waals surface area contributed by atoms with Gasteiger partial charge in [-0.05, 0) is 13.8 Å². The van der Waals surface area contributed by atoms with E-state index in [0.29, 0.717) is 12.2 Å². The average Bonchev–Trinajstić information content (AvgIpc) is 2.52. The van der Waals surface area contributed by atoms with Gasteiger partial charge in [-0.25, -0.2) is 4.68 Å². The van der Waals surface area contributed by atoms with Crippen LogP contribution in [0.15, 0.2) is 12.4 Å². The molecular weight excluding hydrogens is 156 g/mol. The van der Waals surface area contributed by atoms with Crippen LogP contribution in [0, 0.1) is 0 Å². The second-order valence-corrected chi connectivity index (χ2v) is 2.43. The molecule has 0 aliphatic carbocycles. The topological polar surface area (TPSA) is 44.1 Å². The summed E-state index contributed by atoms with van der Waals surface area (Å²) >= 11 is 0. The van der Waals surface area contributed by atoms with E-state index in [1.807, 2.05) is 13.8 Å². The lowest BCUT2D eigenvalue weighted by Crippen LogP contribution is -2.09. The molecule has 0 aromatic carbocycles. The summed E-state index contributed by atoms with van der Waals surface area (Å²) < 4.78 is 6.89. The minimum absolute atomic E-state index is 0.108. The number of carbonyl (C=O) groups is 1. The van der Waals surface area contributed by atoms with Crippen molar-refractivity contribution in [3.05, 3.63) is 18.0 Å². The highest BCUT2D eigenvalue weighted by Gasteiger charge is 2.04. The second kappa shape index (κ2) is 4.01. The van der Waals surface area contributed by atoms with Crippen molar-refractivity contribution < 1.29 is 9.53 Å². The van der Waals surface area contributed by atoms with Crippen LogP contribution in [0.2, 0.25) is 0 Å². The Kier molecular flexibility index (Phi) is 2.99. The molecule has 0 amide bonds. The van der Waals surface area contributed by atoms with E-state index in [1.54, 1.807) is 10.9 Å². The van der Waals surface area contributed by atoms with Crippen molar-refractivity contribution in [3.8, 4) is 0 Å². The molecule has 0 saturated carbocycles. The molecule has 1 heterocycles. The average molecular weight is 168 g/mol. The molecule has 0 N–H and O–H groups in total. The maximum absolute atomic E-state index is 10.3. The molecule has 1 rings (SSSR count). The van der Waals surface area contributed by atoms with Crippen LogP contribution in [0.1, 0.15) is 30.4 Å². The Bertz CT molecular complexity index is 257. The monoisotopic (exact) mass is 168 g/mol. The number of aldehydes is 1. The number of nitrogens with zero attached hydrogens (tertiary/aromatic N) is 2. The first-order valence-corrected chi connectivity index (χ1v) is 3.89.